The summed E-state index contributed by atoms with van der Waals surface area (Å²) in [5, 5.41) is 3.49. The summed E-state index contributed by atoms with van der Waals surface area (Å²) in [7, 11) is 1.92. The lowest BCUT2D eigenvalue weighted by molar-refractivity contribution is -0.135. The number of hydrogen-bond donors (Lipinski definition) is 1. The van der Waals surface area contributed by atoms with Crippen LogP contribution in [0.4, 0.5) is 4.39 Å². The van der Waals surface area contributed by atoms with E-state index in [0.717, 1.165) is 12.4 Å². The number of benzene rings is 1. The first-order valence-corrected chi connectivity index (χ1v) is 8.49. The summed E-state index contributed by atoms with van der Waals surface area (Å²) in [5.74, 6) is 0.791. The molecule has 3 rings (SSSR count). The van der Waals surface area contributed by atoms with Crippen LogP contribution in [-0.4, -0.2) is 46.6 Å². The molecule has 1 aliphatic heterocycles. The van der Waals surface area contributed by atoms with Gasteiger partial charge in [-0.2, -0.15) is 0 Å². The third-order valence-electron chi connectivity index (χ3n) is 4.19. The minimum absolute atomic E-state index is 0. The maximum atomic E-state index is 13.0. The standard InChI is InChI=1S/C17H20ClFN4O2.ClH/c1-22-7-6-21-17(22)14-11-20-5-8-23(14)16(24)4-9-25-15-3-2-12(19)10-13(15)18;/h2-3,6-7,10,14,20H,4-5,8-9,11H2,1H3;1H. The van der Waals surface area contributed by atoms with Gasteiger partial charge in [-0.25, -0.2) is 9.37 Å². The van der Waals surface area contributed by atoms with Gasteiger partial charge in [0.15, 0.2) is 0 Å². The molecule has 0 radical (unpaired) electrons. The van der Waals surface area contributed by atoms with E-state index in [4.69, 9.17) is 16.3 Å². The Labute approximate surface area is 162 Å². The van der Waals surface area contributed by atoms with Gasteiger partial charge < -0.3 is 19.5 Å². The number of amides is 1. The van der Waals surface area contributed by atoms with Crippen LogP contribution in [0.1, 0.15) is 18.3 Å². The zero-order chi connectivity index (χ0) is 17.8. The summed E-state index contributed by atoms with van der Waals surface area (Å²) in [4.78, 5) is 18.8. The molecule has 1 fully saturated rings. The lowest BCUT2D eigenvalue weighted by Crippen LogP contribution is -2.49. The SMILES string of the molecule is Cl.Cn1ccnc1C1CNCCN1C(=O)CCOc1ccc(F)cc1Cl. The summed E-state index contributed by atoms with van der Waals surface area (Å²) < 4.78 is 20.5. The van der Waals surface area contributed by atoms with Crippen LogP contribution in [-0.2, 0) is 11.8 Å². The first kappa shape index (κ1) is 20.5. The highest BCUT2D eigenvalue weighted by atomic mass is 35.5. The number of carbonyl (C=O) groups excluding carboxylic acids is 1. The molecule has 1 aliphatic rings. The molecule has 0 bridgehead atoms. The van der Waals surface area contributed by atoms with E-state index in [9.17, 15) is 9.18 Å². The number of hydrogen-bond acceptors (Lipinski definition) is 4. The monoisotopic (exact) mass is 402 g/mol. The smallest absolute Gasteiger partial charge is 0.226 e. The van der Waals surface area contributed by atoms with Gasteiger partial charge in [-0.1, -0.05) is 11.6 Å². The zero-order valence-corrected chi connectivity index (χ0v) is 15.9. The van der Waals surface area contributed by atoms with E-state index in [0.29, 0.717) is 18.8 Å². The van der Waals surface area contributed by atoms with Crippen LogP contribution in [0.25, 0.3) is 0 Å². The van der Waals surface area contributed by atoms with E-state index >= 15 is 0 Å². The van der Waals surface area contributed by atoms with Crippen molar-refractivity contribution in [2.24, 2.45) is 7.05 Å². The second-order valence-electron chi connectivity index (χ2n) is 5.88. The van der Waals surface area contributed by atoms with Gasteiger partial charge in [-0.05, 0) is 18.2 Å². The fourth-order valence-corrected chi connectivity index (χ4v) is 3.14. The molecule has 0 saturated carbocycles. The van der Waals surface area contributed by atoms with Gasteiger partial charge >= 0.3 is 0 Å². The predicted octanol–water partition coefficient (Wildman–Crippen LogP) is 2.58. The predicted molar refractivity (Wildman–Crippen MR) is 99.3 cm³/mol. The van der Waals surface area contributed by atoms with Crippen molar-refractivity contribution in [1.29, 1.82) is 0 Å². The molecule has 1 saturated heterocycles. The lowest BCUT2D eigenvalue weighted by atomic mass is 10.1. The zero-order valence-electron chi connectivity index (χ0n) is 14.3. The number of carbonyl (C=O) groups is 1. The van der Waals surface area contributed by atoms with Gasteiger partial charge in [0.25, 0.3) is 0 Å². The van der Waals surface area contributed by atoms with E-state index in [1.807, 2.05) is 22.7 Å². The third kappa shape index (κ3) is 4.66. The van der Waals surface area contributed by atoms with Crippen LogP contribution in [0.2, 0.25) is 5.02 Å². The number of aryl methyl sites for hydroxylation is 1. The maximum absolute atomic E-state index is 13.0. The van der Waals surface area contributed by atoms with Crippen LogP contribution in [0, 0.1) is 5.82 Å². The lowest BCUT2D eigenvalue weighted by Gasteiger charge is -2.35. The molecule has 1 aromatic carbocycles. The molecule has 2 heterocycles. The Bertz CT molecular complexity index is 756. The van der Waals surface area contributed by atoms with Crippen molar-refractivity contribution in [3.05, 3.63) is 47.3 Å². The Hall–Kier alpha value is -1.83. The number of rotatable bonds is 5. The Kier molecular flexibility index (Phi) is 7.25. The summed E-state index contributed by atoms with van der Waals surface area (Å²) >= 11 is 5.92. The van der Waals surface area contributed by atoms with Crippen molar-refractivity contribution in [2.45, 2.75) is 12.5 Å². The van der Waals surface area contributed by atoms with Crippen molar-refractivity contribution in [3.63, 3.8) is 0 Å². The number of halogens is 3. The highest BCUT2D eigenvalue weighted by molar-refractivity contribution is 6.32. The normalized spacial score (nSPS) is 16.9. The fraction of sp³-hybridized carbons (Fsp3) is 0.412. The molecule has 6 nitrogen and oxygen atoms in total. The topological polar surface area (TPSA) is 59.4 Å². The number of ether oxygens (including phenoxy) is 1. The Balaban J connectivity index is 0.00000243. The summed E-state index contributed by atoms with van der Waals surface area (Å²) in [6.45, 7) is 2.22. The molecule has 1 atom stereocenters. The molecule has 26 heavy (non-hydrogen) atoms. The minimum Gasteiger partial charge on any atom is -0.491 e. The minimum atomic E-state index is -0.424. The molecule has 0 spiro atoms. The Morgan fingerprint density at radius 2 is 2.31 bits per heavy atom. The number of piperazine rings is 1. The number of aromatic nitrogens is 2. The summed E-state index contributed by atoms with van der Waals surface area (Å²) in [6.07, 6.45) is 3.81. The highest BCUT2D eigenvalue weighted by Gasteiger charge is 2.30. The van der Waals surface area contributed by atoms with Gasteiger partial charge in [0.2, 0.25) is 5.91 Å². The first-order chi connectivity index (χ1) is 12.1. The van der Waals surface area contributed by atoms with Crippen LogP contribution in [0.3, 0.4) is 0 Å². The van der Waals surface area contributed by atoms with Crippen molar-refractivity contribution in [1.82, 2.24) is 19.8 Å². The fourth-order valence-electron chi connectivity index (χ4n) is 2.92. The molecule has 9 heteroatoms. The van der Waals surface area contributed by atoms with Crippen molar-refractivity contribution >= 4 is 29.9 Å². The van der Waals surface area contributed by atoms with E-state index in [1.54, 1.807) is 6.20 Å². The van der Waals surface area contributed by atoms with E-state index in [2.05, 4.69) is 10.3 Å². The molecule has 1 aromatic heterocycles. The number of imidazole rings is 1. The molecule has 2 aromatic rings. The van der Waals surface area contributed by atoms with Crippen LogP contribution < -0.4 is 10.1 Å². The molecule has 1 amide bonds. The Morgan fingerprint density at radius 3 is 3.00 bits per heavy atom. The molecule has 1 unspecified atom stereocenters. The first-order valence-electron chi connectivity index (χ1n) is 8.11. The maximum Gasteiger partial charge on any atom is 0.226 e. The number of nitrogens with one attached hydrogen (secondary N) is 1. The van der Waals surface area contributed by atoms with Crippen LogP contribution in [0.5, 0.6) is 5.75 Å². The van der Waals surface area contributed by atoms with Gasteiger partial charge in [0, 0.05) is 39.1 Å². The molecular weight excluding hydrogens is 382 g/mol. The second kappa shape index (κ2) is 9.21. The van der Waals surface area contributed by atoms with E-state index < -0.39 is 5.82 Å². The van der Waals surface area contributed by atoms with Crippen molar-refractivity contribution < 1.29 is 13.9 Å². The second-order valence-corrected chi connectivity index (χ2v) is 6.28. The van der Waals surface area contributed by atoms with Crippen LogP contribution >= 0.6 is 24.0 Å². The molecular formula is C17H21Cl2FN4O2. The molecule has 142 valence electrons. The number of nitrogens with zero attached hydrogens (tertiary/aromatic N) is 3. The van der Waals surface area contributed by atoms with E-state index in [-0.39, 0.29) is 42.4 Å². The largest absolute Gasteiger partial charge is 0.491 e. The van der Waals surface area contributed by atoms with Gasteiger partial charge in [-0.3, -0.25) is 4.79 Å². The van der Waals surface area contributed by atoms with E-state index in [1.165, 1.54) is 18.2 Å². The summed E-state index contributed by atoms with van der Waals surface area (Å²) in [5.41, 5.74) is 0. The van der Waals surface area contributed by atoms with Gasteiger partial charge in [0.1, 0.15) is 23.4 Å². The average Bonchev–Trinajstić information content (AvgIpc) is 3.02. The van der Waals surface area contributed by atoms with Crippen molar-refractivity contribution in [2.75, 3.05) is 26.2 Å². The van der Waals surface area contributed by atoms with Gasteiger partial charge in [0.05, 0.1) is 18.1 Å². The Morgan fingerprint density at radius 1 is 1.50 bits per heavy atom. The summed E-state index contributed by atoms with van der Waals surface area (Å²) in [6, 6.07) is 3.82. The quantitative estimate of drug-likeness (QED) is 0.834. The molecule has 1 N–H and O–H groups in total. The van der Waals surface area contributed by atoms with Crippen molar-refractivity contribution in [3.8, 4) is 5.75 Å². The third-order valence-corrected chi connectivity index (χ3v) is 4.48. The van der Waals surface area contributed by atoms with Crippen LogP contribution in [0.15, 0.2) is 30.6 Å². The molecule has 0 aliphatic carbocycles. The highest BCUT2D eigenvalue weighted by Crippen LogP contribution is 2.25. The average molecular weight is 403 g/mol. The van der Waals surface area contributed by atoms with Gasteiger partial charge in [-0.15, -0.1) is 12.4 Å².